The Morgan fingerprint density at radius 2 is 1.80 bits per heavy atom. The van der Waals surface area contributed by atoms with Gasteiger partial charge in [-0.3, -0.25) is 23.9 Å². The quantitative estimate of drug-likeness (QED) is 0.322. The highest BCUT2D eigenvalue weighted by Crippen LogP contribution is 2.30. The van der Waals surface area contributed by atoms with Crippen LogP contribution >= 0.6 is 11.8 Å². The molecule has 12 nitrogen and oxygen atoms in total. The van der Waals surface area contributed by atoms with Gasteiger partial charge in [0.1, 0.15) is 17.8 Å². The molecule has 2 aliphatic heterocycles. The number of carbonyl (C=O) groups is 4. The predicted octanol–water partition coefficient (Wildman–Crippen LogP) is 1.74. The summed E-state index contributed by atoms with van der Waals surface area (Å²) in [6.07, 6.45) is 4.77. The summed E-state index contributed by atoms with van der Waals surface area (Å²) >= 11 is 1.46. The molecule has 13 heteroatoms. The first-order chi connectivity index (χ1) is 21.9. The lowest BCUT2D eigenvalue weighted by Gasteiger charge is -2.42. The molecule has 2 aromatic heterocycles. The van der Waals surface area contributed by atoms with Crippen LogP contribution in [0.2, 0.25) is 0 Å². The third-order valence-corrected chi connectivity index (χ3v) is 9.29. The second-order valence-corrected chi connectivity index (χ2v) is 12.4. The van der Waals surface area contributed by atoms with Crippen LogP contribution in [0.3, 0.4) is 0 Å². The van der Waals surface area contributed by atoms with Crippen molar-refractivity contribution in [1.29, 1.82) is 0 Å². The van der Waals surface area contributed by atoms with Gasteiger partial charge in [-0.25, -0.2) is 0 Å². The van der Waals surface area contributed by atoms with Gasteiger partial charge in [0.15, 0.2) is 0 Å². The van der Waals surface area contributed by atoms with E-state index in [1.54, 1.807) is 15.8 Å². The molecular formula is C32H36N8O4S. The summed E-state index contributed by atoms with van der Waals surface area (Å²) in [5.74, 6) is -0.896. The number of piperazine rings is 1. The predicted molar refractivity (Wildman–Crippen MR) is 169 cm³/mol. The molecule has 1 fully saturated rings. The lowest BCUT2D eigenvalue weighted by molar-refractivity contribution is -0.149. The third kappa shape index (κ3) is 7.03. The highest BCUT2D eigenvalue weighted by atomic mass is 32.2. The van der Waals surface area contributed by atoms with Gasteiger partial charge in [0.2, 0.25) is 23.6 Å². The standard InChI is InChI=1S/C32H36N8O4S/c1-37-20-28(24-10-5-6-11-26(24)37)45-21-30(42)38-14-15-40-27(19-38)31(43)33-17-23-18-39(36-35-23)13-7-12-29(41)34-25(32(40)44)16-22-8-3-2-4-9-22/h2-6,8-11,18,20,25,27H,7,12-17,19,21H2,1H3,(H,33,43)(H,34,41)/t25-,27+/m0/s1. The Balaban J connectivity index is 1.22. The van der Waals surface area contributed by atoms with E-state index in [1.807, 2.05) is 72.4 Å². The number of nitrogens with zero attached hydrogens (tertiary/aromatic N) is 6. The summed E-state index contributed by atoms with van der Waals surface area (Å²) in [6, 6.07) is 15.7. The summed E-state index contributed by atoms with van der Waals surface area (Å²) in [4.78, 5) is 58.5. The number of hydrogen-bond acceptors (Lipinski definition) is 7. The molecule has 0 aliphatic carbocycles. The normalized spacial score (nSPS) is 19.8. The molecule has 2 aliphatic rings. The summed E-state index contributed by atoms with van der Waals surface area (Å²) in [6.45, 7) is 1.11. The molecule has 0 spiro atoms. The Morgan fingerprint density at radius 1 is 1.00 bits per heavy atom. The van der Waals surface area contributed by atoms with Gasteiger partial charge in [-0.2, -0.15) is 0 Å². The Kier molecular flexibility index (Phi) is 9.15. The minimum Gasteiger partial charge on any atom is -0.349 e. The van der Waals surface area contributed by atoms with Crippen LogP contribution in [-0.2, 0) is 45.7 Å². The number of carbonyl (C=O) groups excluding carboxylic acids is 4. The van der Waals surface area contributed by atoms with Crippen LogP contribution in [0.25, 0.3) is 10.9 Å². The molecule has 0 saturated carbocycles. The number of thioether (sulfide) groups is 1. The fourth-order valence-corrected chi connectivity index (χ4v) is 6.91. The lowest BCUT2D eigenvalue weighted by Crippen LogP contribution is -2.64. The topological polar surface area (TPSA) is 134 Å². The van der Waals surface area contributed by atoms with Crippen molar-refractivity contribution in [2.45, 2.75) is 49.3 Å². The first kappa shape index (κ1) is 30.4. The third-order valence-electron chi connectivity index (χ3n) is 8.27. The molecular weight excluding hydrogens is 592 g/mol. The number of fused-ring (bicyclic) bond motifs is 4. The molecule has 234 valence electrons. The summed E-state index contributed by atoms with van der Waals surface area (Å²) in [5.41, 5.74) is 2.55. The highest BCUT2D eigenvalue weighted by molar-refractivity contribution is 8.00. The molecule has 6 rings (SSSR count). The molecule has 4 aromatic rings. The Hall–Kier alpha value is -4.65. The highest BCUT2D eigenvalue weighted by Gasteiger charge is 2.39. The van der Waals surface area contributed by atoms with Gasteiger partial charge < -0.3 is 25.0 Å². The molecule has 2 N–H and O–H groups in total. The summed E-state index contributed by atoms with van der Waals surface area (Å²) in [7, 11) is 1.98. The lowest BCUT2D eigenvalue weighted by atomic mass is 10.0. The monoisotopic (exact) mass is 628 g/mol. The van der Waals surface area contributed by atoms with Crippen molar-refractivity contribution in [3.63, 3.8) is 0 Å². The molecule has 45 heavy (non-hydrogen) atoms. The van der Waals surface area contributed by atoms with Crippen molar-refractivity contribution >= 4 is 46.3 Å². The van der Waals surface area contributed by atoms with Crippen LogP contribution in [0.4, 0.5) is 0 Å². The largest absolute Gasteiger partial charge is 0.349 e. The number of amides is 4. The van der Waals surface area contributed by atoms with Gasteiger partial charge in [0, 0.05) is 61.5 Å². The Labute approximate surface area is 265 Å². The zero-order chi connectivity index (χ0) is 31.3. The van der Waals surface area contributed by atoms with Crippen LogP contribution in [0.15, 0.2) is 71.9 Å². The Morgan fingerprint density at radius 3 is 2.64 bits per heavy atom. The zero-order valence-corrected chi connectivity index (χ0v) is 25.9. The second-order valence-electron chi connectivity index (χ2n) is 11.4. The van der Waals surface area contributed by atoms with E-state index >= 15 is 0 Å². The van der Waals surface area contributed by atoms with Gasteiger partial charge >= 0.3 is 0 Å². The zero-order valence-electron chi connectivity index (χ0n) is 25.1. The smallest absolute Gasteiger partial charge is 0.246 e. The van der Waals surface area contributed by atoms with Gasteiger partial charge in [0.25, 0.3) is 0 Å². The summed E-state index contributed by atoms with van der Waals surface area (Å²) in [5, 5.41) is 15.1. The fourth-order valence-electron chi connectivity index (χ4n) is 5.89. The molecule has 2 aromatic carbocycles. The second kappa shape index (κ2) is 13.6. The maximum atomic E-state index is 14.1. The van der Waals surface area contributed by atoms with Gasteiger partial charge in [-0.15, -0.1) is 16.9 Å². The van der Waals surface area contributed by atoms with Gasteiger partial charge in [-0.05, 0) is 18.1 Å². The van der Waals surface area contributed by atoms with E-state index in [0.29, 0.717) is 18.7 Å². The van der Waals surface area contributed by atoms with E-state index in [2.05, 4.69) is 20.9 Å². The summed E-state index contributed by atoms with van der Waals surface area (Å²) < 4.78 is 3.68. The molecule has 4 heterocycles. The van der Waals surface area contributed by atoms with E-state index in [9.17, 15) is 19.2 Å². The molecule has 4 amide bonds. The van der Waals surface area contributed by atoms with Crippen LogP contribution in [-0.4, -0.2) is 90.5 Å². The minimum absolute atomic E-state index is 0.0468. The minimum atomic E-state index is -0.937. The molecule has 1 saturated heterocycles. The maximum Gasteiger partial charge on any atom is 0.246 e. The van der Waals surface area contributed by atoms with Crippen LogP contribution in [0, 0.1) is 0 Å². The molecule has 2 atom stereocenters. The van der Waals surface area contributed by atoms with Gasteiger partial charge in [-0.1, -0.05) is 53.7 Å². The molecule has 0 unspecified atom stereocenters. The van der Waals surface area contributed by atoms with Gasteiger partial charge in [0.05, 0.1) is 25.0 Å². The van der Waals surface area contributed by atoms with Crippen molar-refractivity contribution < 1.29 is 19.2 Å². The fraction of sp³-hybridized carbons (Fsp3) is 0.375. The van der Waals surface area contributed by atoms with E-state index in [1.165, 1.54) is 16.7 Å². The number of nitrogens with one attached hydrogen (secondary N) is 2. The number of aryl methyl sites for hydroxylation is 2. The Bertz CT molecular complexity index is 1700. The van der Waals surface area contributed by atoms with E-state index in [-0.39, 0.29) is 62.5 Å². The van der Waals surface area contributed by atoms with Crippen molar-refractivity contribution in [3.8, 4) is 0 Å². The average Bonchev–Trinajstić information content (AvgIpc) is 3.65. The van der Waals surface area contributed by atoms with E-state index in [4.69, 9.17) is 0 Å². The maximum absolute atomic E-state index is 14.1. The van der Waals surface area contributed by atoms with Crippen LogP contribution < -0.4 is 10.6 Å². The first-order valence-corrected chi connectivity index (χ1v) is 16.1. The van der Waals surface area contributed by atoms with Crippen LogP contribution in [0.1, 0.15) is 24.1 Å². The van der Waals surface area contributed by atoms with Crippen molar-refractivity contribution in [1.82, 2.24) is 40.0 Å². The number of rotatable bonds is 5. The molecule has 2 bridgehead atoms. The number of hydrogen-bond donors (Lipinski definition) is 2. The number of aromatic nitrogens is 4. The molecule has 0 radical (unpaired) electrons. The SMILES string of the molecule is Cn1cc(SCC(=O)N2CCN3C(=O)[C@H](Cc4ccccc4)NC(=O)CCCn4cc(nn4)CNC(=O)[C@H]3C2)c2ccccc21. The van der Waals surface area contributed by atoms with Crippen molar-refractivity contribution in [2.75, 3.05) is 25.4 Å². The van der Waals surface area contributed by atoms with E-state index in [0.717, 1.165) is 21.4 Å². The van der Waals surface area contributed by atoms with Crippen molar-refractivity contribution in [3.05, 3.63) is 78.2 Å². The number of benzene rings is 2. The first-order valence-electron chi connectivity index (χ1n) is 15.1. The van der Waals surface area contributed by atoms with E-state index < -0.39 is 18.0 Å². The average molecular weight is 629 g/mol. The van der Waals surface area contributed by atoms with Crippen molar-refractivity contribution in [2.24, 2.45) is 7.05 Å². The number of para-hydroxylation sites is 1. The van der Waals surface area contributed by atoms with Crippen LogP contribution in [0.5, 0.6) is 0 Å².